The van der Waals surface area contributed by atoms with Crippen LogP contribution >= 0.6 is 0 Å². The Morgan fingerprint density at radius 1 is 1.35 bits per heavy atom. The van der Waals surface area contributed by atoms with Crippen molar-refractivity contribution < 1.29 is 14.7 Å². The Bertz CT molecular complexity index is 483. The van der Waals surface area contributed by atoms with E-state index in [1.165, 1.54) is 13.0 Å². The molecule has 17 heavy (non-hydrogen) atoms. The van der Waals surface area contributed by atoms with E-state index < -0.39 is 5.97 Å². The lowest BCUT2D eigenvalue weighted by molar-refractivity contribution is -0.118. The van der Waals surface area contributed by atoms with Gasteiger partial charge in [0.15, 0.2) is 0 Å². The van der Waals surface area contributed by atoms with E-state index in [9.17, 15) is 9.59 Å². The third-order valence-corrected chi connectivity index (χ3v) is 2.00. The summed E-state index contributed by atoms with van der Waals surface area (Å²) in [5.74, 6) is 4.52. The summed E-state index contributed by atoms with van der Waals surface area (Å²) in [4.78, 5) is 21.5. The van der Waals surface area contributed by atoms with Crippen molar-refractivity contribution >= 4 is 11.9 Å². The zero-order valence-corrected chi connectivity index (χ0v) is 9.49. The van der Waals surface area contributed by atoms with Crippen molar-refractivity contribution in [3.63, 3.8) is 0 Å². The topological polar surface area (TPSA) is 66.4 Å². The molecule has 4 heteroatoms. The summed E-state index contributed by atoms with van der Waals surface area (Å²) in [6.07, 6.45) is 0.494. The van der Waals surface area contributed by atoms with Gasteiger partial charge >= 0.3 is 5.97 Å². The molecule has 1 rings (SSSR count). The molecule has 88 valence electrons. The van der Waals surface area contributed by atoms with E-state index in [1.807, 2.05) is 0 Å². The Labute approximate surface area is 99.7 Å². The van der Waals surface area contributed by atoms with Crippen LogP contribution < -0.4 is 5.32 Å². The standard InChI is InChI=1S/C13H13NO3/c1-10(15)14-9-5-4-7-11-6-2-3-8-12(11)13(16)17/h2-3,6,8H,5,9H2,1H3,(H,14,15)(H,16,17). The number of amides is 1. The molecule has 0 atom stereocenters. The molecule has 0 radical (unpaired) electrons. The van der Waals surface area contributed by atoms with Gasteiger partial charge in [-0.1, -0.05) is 24.0 Å². The van der Waals surface area contributed by atoms with Gasteiger partial charge in [0, 0.05) is 25.5 Å². The SMILES string of the molecule is CC(=O)NCCC#Cc1ccccc1C(=O)O. The molecule has 0 aromatic heterocycles. The van der Waals surface area contributed by atoms with E-state index in [2.05, 4.69) is 17.2 Å². The Balaban J connectivity index is 2.65. The van der Waals surface area contributed by atoms with Gasteiger partial charge in [-0.2, -0.15) is 0 Å². The molecule has 1 aromatic rings. The van der Waals surface area contributed by atoms with E-state index in [1.54, 1.807) is 18.2 Å². The highest BCUT2D eigenvalue weighted by Gasteiger charge is 2.05. The molecule has 0 heterocycles. The molecule has 0 aliphatic heterocycles. The highest BCUT2D eigenvalue weighted by atomic mass is 16.4. The number of nitrogens with one attached hydrogen (secondary N) is 1. The lowest BCUT2D eigenvalue weighted by atomic mass is 10.1. The van der Waals surface area contributed by atoms with Crippen LogP contribution in [0.25, 0.3) is 0 Å². The maximum absolute atomic E-state index is 10.9. The molecule has 0 aliphatic rings. The smallest absolute Gasteiger partial charge is 0.336 e. The monoisotopic (exact) mass is 231 g/mol. The quantitative estimate of drug-likeness (QED) is 0.608. The van der Waals surface area contributed by atoms with Crippen molar-refractivity contribution in [1.82, 2.24) is 5.32 Å². The molecule has 0 aliphatic carbocycles. The van der Waals surface area contributed by atoms with Crippen LogP contribution in [-0.2, 0) is 4.79 Å². The first-order valence-corrected chi connectivity index (χ1v) is 5.17. The lowest BCUT2D eigenvalue weighted by Gasteiger charge is -1.97. The van der Waals surface area contributed by atoms with Crippen LogP contribution in [0.4, 0.5) is 0 Å². The second-order valence-corrected chi connectivity index (χ2v) is 3.39. The minimum absolute atomic E-state index is 0.0993. The van der Waals surface area contributed by atoms with E-state index in [-0.39, 0.29) is 11.5 Å². The van der Waals surface area contributed by atoms with Crippen LogP contribution in [0.3, 0.4) is 0 Å². The minimum Gasteiger partial charge on any atom is -0.478 e. The third kappa shape index (κ3) is 4.39. The molecule has 0 bridgehead atoms. The number of hydrogen-bond donors (Lipinski definition) is 2. The average Bonchev–Trinajstić information content (AvgIpc) is 2.28. The summed E-state index contributed by atoms with van der Waals surface area (Å²) in [5.41, 5.74) is 0.683. The van der Waals surface area contributed by atoms with Crippen LogP contribution in [0.5, 0.6) is 0 Å². The first-order chi connectivity index (χ1) is 8.11. The van der Waals surface area contributed by atoms with Crippen LogP contribution in [-0.4, -0.2) is 23.5 Å². The predicted molar refractivity (Wildman–Crippen MR) is 63.6 cm³/mol. The molecule has 0 saturated carbocycles. The Kier molecular flexibility index (Phi) is 4.77. The Morgan fingerprint density at radius 3 is 2.71 bits per heavy atom. The Hall–Kier alpha value is -2.28. The summed E-state index contributed by atoms with van der Waals surface area (Å²) in [6.45, 7) is 1.91. The number of benzene rings is 1. The molecule has 0 saturated heterocycles. The maximum Gasteiger partial charge on any atom is 0.336 e. The molecule has 2 N–H and O–H groups in total. The van der Waals surface area contributed by atoms with E-state index >= 15 is 0 Å². The van der Waals surface area contributed by atoms with Gasteiger partial charge in [0.25, 0.3) is 0 Å². The lowest BCUT2D eigenvalue weighted by Crippen LogP contribution is -2.20. The molecule has 0 fully saturated rings. The third-order valence-electron chi connectivity index (χ3n) is 2.00. The van der Waals surface area contributed by atoms with Crippen molar-refractivity contribution in [1.29, 1.82) is 0 Å². The Morgan fingerprint density at radius 2 is 2.06 bits per heavy atom. The van der Waals surface area contributed by atoms with Gasteiger partial charge in [0.05, 0.1) is 5.56 Å². The molecular formula is C13H13NO3. The van der Waals surface area contributed by atoms with Crippen molar-refractivity contribution in [2.45, 2.75) is 13.3 Å². The van der Waals surface area contributed by atoms with E-state index in [0.29, 0.717) is 18.5 Å². The minimum atomic E-state index is -0.989. The number of carbonyl (C=O) groups is 2. The molecule has 1 amide bonds. The average molecular weight is 231 g/mol. The fraction of sp³-hybridized carbons (Fsp3) is 0.231. The largest absolute Gasteiger partial charge is 0.478 e. The van der Waals surface area contributed by atoms with Gasteiger partial charge < -0.3 is 10.4 Å². The number of aromatic carboxylic acids is 1. The van der Waals surface area contributed by atoms with Crippen molar-refractivity contribution in [2.75, 3.05) is 6.54 Å². The number of carbonyl (C=O) groups excluding carboxylic acids is 1. The second-order valence-electron chi connectivity index (χ2n) is 3.39. The maximum atomic E-state index is 10.9. The molecule has 0 unspecified atom stereocenters. The zero-order valence-electron chi connectivity index (χ0n) is 9.49. The van der Waals surface area contributed by atoms with Crippen LogP contribution in [0.15, 0.2) is 24.3 Å². The first-order valence-electron chi connectivity index (χ1n) is 5.17. The van der Waals surface area contributed by atoms with Crippen LogP contribution in [0, 0.1) is 11.8 Å². The summed E-state index contributed by atoms with van der Waals surface area (Å²) in [6, 6.07) is 6.57. The number of hydrogen-bond acceptors (Lipinski definition) is 2. The molecule has 4 nitrogen and oxygen atoms in total. The highest BCUT2D eigenvalue weighted by molar-refractivity contribution is 5.90. The van der Waals surface area contributed by atoms with Crippen molar-refractivity contribution in [3.8, 4) is 11.8 Å². The number of carboxylic acid groups (broad SMARTS) is 1. The normalized spacial score (nSPS) is 9.00. The van der Waals surface area contributed by atoms with Gasteiger partial charge in [-0.15, -0.1) is 0 Å². The second kappa shape index (κ2) is 6.33. The fourth-order valence-corrected chi connectivity index (χ4v) is 1.24. The summed E-state index contributed by atoms with van der Waals surface area (Å²) in [7, 11) is 0. The van der Waals surface area contributed by atoms with Gasteiger partial charge in [0.2, 0.25) is 5.91 Å². The van der Waals surface area contributed by atoms with Crippen LogP contribution in [0.1, 0.15) is 29.3 Å². The van der Waals surface area contributed by atoms with Gasteiger partial charge in [-0.3, -0.25) is 4.79 Å². The van der Waals surface area contributed by atoms with Gasteiger partial charge in [-0.05, 0) is 12.1 Å². The summed E-state index contributed by atoms with van der Waals surface area (Å²) in [5, 5.41) is 11.5. The molecule has 0 spiro atoms. The highest BCUT2D eigenvalue weighted by Crippen LogP contribution is 2.06. The molecule has 1 aromatic carbocycles. The van der Waals surface area contributed by atoms with Crippen LogP contribution in [0.2, 0.25) is 0 Å². The van der Waals surface area contributed by atoms with Crippen molar-refractivity contribution in [2.24, 2.45) is 0 Å². The summed E-state index contributed by atoms with van der Waals surface area (Å²) < 4.78 is 0. The zero-order chi connectivity index (χ0) is 12.7. The predicted octanol–water partition coefficient (Wildman–Crippen LogP) is 1.26. The number of rotatable bonds is 3. The fourth-order valence-electron chi connectivity index (χ4n) is 1.24. The summed E-state index contributed by atoms with van der Waals surface area (Å²) >= 11 is 0. The van der Waals surface area contributed by atoms with Gasteiger partial charge in [-0.25, -0.2) is 4.79 Å². The van der Waals surface area contributed by atoms with E-state index in [0.717, 1.165) is 0 Å². The van der Waals surface area contributed by atoms with Gasteiger partial charge in [0.1, 0.15) is 0 Å². The number of carboxylic acids is 1. The van der Waals surface area contributed by atoms with Crippen molar-refractivity contribution in [3.05, 3.63) is 35.4 Å². The first kappa shape index (κ1) is 12.8. The van der Waals surface area contributed by atoms with E-state index in [4.69, 9.17) is 5.11 Å². The molecular weight excluding hydrogens is 218 g/mol.